The third kappa shape index (κ3) is 3.05. The van der Waals surface area contributed by atoms with Gasteiger partial charge in [0.25, 0.3) is 5.82 Å². The molecule has 0 spiro atoms. The molecule has 1 aliphatic heterocycles. The number of carbonyl (C=O) groups is 2. The summed E-state index contributed by atoms with van der Waals surface area (Å²) < 4.78 is 17.2. The minimum atomic E-state index is -0.629. The van der Waals surface area contributed by atoms with Gasteiger partial charge >= 0.3 is 11.9 Å². The number of nitrogens with zero attached hydrogens (tertiary/aromatic N) is 3. The zero-order chi connectivity index (χ0) is 15.6. The first-order valence-corrected chi connectivity index (χ1v) is 6.80. The largest absolute Gasteiger partial charge is 0.463 e. The van der Waals surface area contributed by atoms with Crippen LogP contribution in [0.3, 0.4) is 0 Å². The molecule has 1 fully saturated rings. The van der Waals surface area contributed by atoms with Gasteiger partial charge in [0, 0.05) is 12.8 Å². The van der Waals surface area contributed by atoms with Crippen LogP contribution in [0.15, 0.2) is 6.33 Å². The first-order chi connectivity index (χ1) is 9.97. The van der Waals surface area contributed by atoms with E-state index in [1.807, 2.05) is 13.8 Å². The summed E-state index contributed by atoms with van der Waals surface area (Å²) in [6.07, 6.45) is 1.04. The summed E-state index contributed by atoms with van der Waals surface area (Å²) in [6, 6.07) is 0. The summed E-state index contributed by atoms with van der Waals surface area (Å²) in [4.78, 5) is 26.6. The van der Waals surface area contributed by atoms with Crippen LogP contribution < -0.4 is 0 Å². The lowest BCUT2D eigenvalue weighted by molar-refractivity contribution is -0.154. The quantitative estimate of drug-likeness (QED) is 0.763. The molecule has 0 unspecified atom stereocenters. The highest BCUT2D eigenvalue weighted by molar-refractivity contribution is 5.84. The predicted molar refractivity (Wildman–Crippen MR) is 70.3 cm³/mol. The van der Waals surface area contributed by atoms with Gasteiger partial charge in [0.2, 0.25) is 0 Å². The highest BCUT2D eigenvalue weighted by Gasteiger charge is 2.45. The minimum absolute atomic E-state index is 0.0228. The van der Waals surface area contributed by atoms with Crippen molar-refractivity contribution >= 4 is 11.9 Å². The molecule has 0 bridgehead atoms. The van der Waals surface area contributed by atoms with E-state index in [2.05, 4.69) is 14.8 Å². The van der Waals surface area contributed by atoms with Crippen molar-refractivity contribution in [3.63, 3.8) is 0 Å². The van der Waals surface area contributed by atoms with E-state index in [0.29, 0.717) is 0 Å². The van der Waals surface area contributed by atoms with Crippen molar-refractivity contribution in [3.8, 4) is 0 Å². The van der Waals surface area contributed by atoms with Gasteiger partial charge in [-0.1, -0.05) is 13.8 Å². The summed E-state index contributed by atoms with van der Waals surface area (Å²) in [5.41, 5.74) is 0. The fourth-order valence-electron chi connectivity index (χ4n) is 2.47. The lowest BCUT2D eigenvalue weighted by atomic mass is 9.98. The second-order valence-corrected chi connectivity index (χ2v) is 4.95. The van der Waals surface area contributed by atoms with Crippen LogP contribution in [0.25, 0.3) is 0 Å². The molecular formula is C13H19N3O5. The van der Waals surface area contributed by atoms with Gasteiger partial charge in [0.15, 0.2) is 12.3 Å². The highest BCUT2D eigenvalue weighted by atomic mass is 16.6. The van der Waals surface area contributed by atoms with E-state index in [9.17, 15) is 9.59 Å². The third-order valence-corrected chi connectivity index (χ3v) is 3.54. The van der Waals surface area contributed by atoms with Gasteiger partial charge in [-0.15, -0.1) is 5.10 Å². The van der Waals surface area contributed by atoms with Crippen molar-refractivity contribution < 1.29 is 23.8 Å². The van der Waals surface area contributed by atoms with Gasteiger partial charge in [0.1, 0.15) is 6.33 Å². The van der Waals surface area contributed by atoms with Crippen molar-refractivity contribution in [2.75, 3.05) is 7.11 Å². The monoisotopic (exact) mass is 297 g/mol. The van der Waals surface area contributed by atoms with Crippen molar-refractivity contribution in [1.82, 2.24) is 14.8 Å². The summed E-state index contributed by atoms with van der Waals surface area (Å²) in [5.74, 6) is -1.05. The van der Waals surface area contributed by atoms with Gasteiger partial charge in [-0.3, -0.25) is 4.79 Å². The molecule has 0 radical (unpaired) electrons. The molecule has 0 amide bonds. The van der Waals surface area contributed by atoms with Crippen molar-refractivity contribution in [3.05, 3.63) is 12.2 Å². The van der Waals surface area contributed by atoms with Crippen LogP contribution in [0.5, 0.6) is 0 Å². The fourth-order valence-corrected chi connectivity index (χ4v) is 2.47. The normalized spacial score (nSPS) is 28.4. The smallest absolute Gasteiger partial charge is 0.377 e. The predicted octanol–water partition coefficient (Wildman–Crippen LogP) is 0.940. The van der Waals surface area contributed by atoms with Crippen LogP contribution in [0.2, 0.25) is 0 Å². The van der Waals surface area contributed by atoms with Crippen LogP contribution in [0, 0.1) is 5.92 Å². The fraction of sp³-hybridized carbons (Fsp3) is 0.692. The van der Waals surface area contributed by atoms with E-state index in [-0.39, 0.29) is 23.8 Å². The lowest BCUT2D eigenvalue weighted by Gasteiger charge is -2.20. The summed E-state index contributed by atoms with van der Waals surface area (Å²) in [7, 11) is 1.26. The average molecular weight is 297 g/mol. The zero-order valence-corrected chi connectivity index (χ0v) is 12.5. The molecule has 1 aromatic rings. The molecule has 1 saturated heterocycles. The van der Waals surface area contributed by atoms with E-state index in [0.717, 1.165) is 6.42 Å². The van der Waals surface area contributed by atoms with Crippen LogP contribution >= 0.6 is 0 Å². The van der Waals surface area contributed by atoms with Gasteiger partial charge < -0.3 is 14.2 Å². The Kier molecular flexibility index (Phi) is 4.56. The first-order valence-electron chi connectivity index (χ1n) is 6.80. The van der Waals surface area contributed by atoms with Crippen molar-refractivity contribution in [1.29, 1.82) is 0 Å². The van der Waals surface area contributed by atoms with Gasteiger partial charge in [0.05, 0.1) is 13.2 Å². The van der Waals surface area contributed by atoms with Gasteiger partial charge in [-0.2, -0.15) is 0 Å². The van der Waals surface area contributed by atoms with E-state index >= 15 is 0 Å². The molecule has 2 heterocycles. The first kappa shape index (κ1) is 15.4. The van der Waals surface area contributed by atoms with Crippen molar-refractivity contribution in [2.45, 2.75) is 45.6 Å². The standard InChI is InChI=1S/C13H19N3O5/c1-5-9-7(2)10(20-8(3)17)12(21-9)16-6-14-11(15-16)13(18)19-4/h6-7,9-10,12H,5H2,1-4H3/t7-,9-,10-,12-/m1/s1. The van der Waals surface area contributed by atoms with Gasteiger partial charge in [-0.05, 0) is 6.42 Å². The van der Waals surface area contributed by atoms with E-state index in [1.54, 1.807) is 0 Å². The van der Waals surface area contributed by atoms with E-state index in [1.165, 1.54) is 25.0 Å². The maximum atomic E-state index is 11.4. The number of aromatic nitrogens is 3. The Labute approximate surface area is 122 Å². The SMILES string of the molecule is CC[C@H]1O[C@@H](n2cnc(C(=O)OC)n2)[C@H](OC(C)=O)[C@@H]1C. The molecule has 8 heteroatoms. The zero-order valence-electron chi connectivity index (χ0n) is 12.5. The third-order valence-electron chi connectivity index (χ3n) is 3.54. The molecule has 116 valence electrons. The summed E-state index contributed by atoms with van der Waals surface area (Å²) in [5, 5.41) is 4.04. The van der Waals surface area contributed by atoms with E-state index < -0.39 is 18.3 Å². The molecule has 8 nitrogen and oxygen atoms in total. The van der Waals surface area contributed by atoms with Crippen LogP contribution in [0.1, 0.15) is 44.0 Å². The Balaban J connectivity index is 2.24. The maximum absolute atomic E-state index is 11.4. The van der Waals surface area contributed by atoms with Crippen LogP contribution in [-0.4, -0.2) is 46.0 Å². The van der Waals surface area contributed by atoms with E-state index in [4.69, 9.17) is 9.47 Å². The molecule has 0 N–H and O–H groups in total. The maximum Gasteiger partial charge on any atom is 0.377 e. The highest BCUT2D eigenvalue weighted by Crippen LogP contribution is 2.36. The Morgan fingerprint density at radius 3 is 2.76 bits per heavy atom. The molecule has 0 saturated carbocycles. The number of esters is 2. The number of carbonyl (C=O) groups excluding carboxylic acids is 2. The molecule has 0 aliphatic carbocycles. The molecule has 1 aromatic heterocycles. The Morgan fingerprint density at radius 2 is 2.19 bits per heavy atom. The summed E-state index contributed by atoms with van der Waals surface area (Å²) >= 11 is 0. The number of methoxy groups -OCH3 is 1. The van der Waals surface area contributed by atoms with Crippen LogP contribution in [0.4, 0.5) is 0 Å². The molecule has 4 atom stereocenters. The number of hydrogen-bond acceptors (Lipinski definition) is 7. The second kappa shape index (κ2) is 6.21. The second-order valence-electron chi connectivity index (χ2n) is 4.95. The Morgan fingerprint density at radius 1 is 1.48 bits per heavy atom. The number of hydrogen-bond donors (Lipinski definition) is 0. The molecule has 21 heavy (non-hydrogen) atoms. The molecule has 1 aliphatic rings. The molecule has 2 rings (SSSR count). The van der Waals surface area contributed by atoms with Crippen molar-refractivity contribution in [2.24, 2.45) is 5.92 Å². The average Bonchev–Trinajstić information content (AvgIpc) is 3.04. The Bertz CT molecular complexity index is 530. The lowest BCUT2D eigenvalue weighted by Crippen LogP contribution is -2.30. The summed E-state index contributed by atoms with van der Waals surface area (Å²) in [6.45, 7) is 5.31. The molecule has 0 aromatic carbocycles. The molecular weight excluding hydrogens is 278 g/mol. The topological polar surface area (TPSA) is 92.5 Å². The Hall–Kier alpha value is -1.96. The number of ether oxygens (including phenoxy) is 3. The minimum Gasteiger partial charge on any atom is -0.463 e. The van der Waals surface area contributed by atoms with Gasteiger partial charge in [-0.25, -0.2) is 14.5 Å². The number of rotatable bonds is 4. The van der Waals surface area contributed by atoms with Crippen LogP contribution in [-0.2, 0) is 19.0 Å².